The zero-order valence-corrected chi connectivity index (χ0v) is 14.8. The first-order valence-electron chi connectivity index (χ1n) is 7.09. The standard InChI is InChI=1S/C16H19BrN2OS/c1-4-11(5-2)15(20)19-16-18-14(10(3)21-16)12-6-8-13(17)9-7-12/h6-9,11H,4-5H2,1-3H3,(H,18,19,20). The van der Waals surface area contributed by atoms with E-state index in [0.717, 1.165) is 33.4 Å². The van der Waals surface area contributed by atoms with Gasteiger partial charge in [0.25, 0.3) is 0 Å². The van der Waals surface area contributed by atoms with Crippen LogP contribution in [-0.2, 0) is 4.79 Å². The number of thiazole rings is 1. The minimum Gasteiger partial charge on any atom is -0.302 e. The summed E-state index contributed by atoms with van der Waals surface area (Å²) in [5.74, 6) is 0.126. The van der Waals surface area contributed by atoms with Gasteiger partial charge in [-0.3, -0.25) is 4.79 Å². The van der Waals surface area contributed by atoms with E-state index in [0.29, 0.717) is 5.13 Å². The lowest BCUT2D eigenvalue weighted by molar-refractivity contribution is -0.120. The van der Waals surface area contributed by atoms with Gasteiger partial charge in [0.1, 0.15) is 0 Å². The van der Waals surface area contributed by atoms with Gasteiger partial charge in [-0.1, -0.05) is 41.9 Å². The number of amides is 1. The SMILES string of the molecule is CCC(CC)C(=O)Nc1nc(-c2ccc(Br)cc2)c(C)s1. The lowest BCUT2D eigenvalue weighted by Crippen LogP contribution is -2.21. The number of hydrogen-bond donors (Lipinski definition) is 1. The first kappa shape index (κ1) is 16.2. The van der Waals surface area contributed by atoms with E-state index in [1.54, 1.807) is 0 Å². The quantitative estimate of drug-likeness (QED) is 0.784. The van der Waals surface area contributed by atoms with Crippen molar-refractivity contribution < 1.29 is 4.79 Å². The summed E-state index contributed by atoms with van der Waals surface area (Å²) in [6.07, 6.45) is 1.71. The number of rotatable bonds is 5. The van der Waals surface area contributed by atoms with Crippen molar-refractivity contribution in [1.82, 2.24) is 4.98 Å². The number of nitrogens with one attached hydrogen (secondary N) is 1. The Morgan fingerprint density at radius 2 is 1.90 bits per heavy atom. The third-order valence-corrected chi connectivity index (χ3v) is 4.92. The van der Waals surface area contributed by atoms with Gasteiger partial charge in [0.15, 0.2) is 5.13 Å². The van der Waals surface area contributed by atoms with E-state index >= 15 is 0 Å². The Labute approximate surface area is 137 Å². The number of benzene rings is 1. The summed E-state index contributed by atoms with van der Waals surface area (Å²) in [7, 11) is 0. The van der Waals surface area contributed by atoms with Gasteiger partial charge in [-0.05, 0) is 31.9 Å². The van der Waals surface area contributed by atoms with Crippen molar-refractivity contribution in [2.45, 2.75) is 33.6 Å². The summed E-state index contributed by atoms with van der Waals surface area (Å²) in [5.41, 5.74) is 2.00. The van der Waals surface area contributed by atoms with Crippen LogP contribution in [0.2, 0.25) is 0 Å². The second kappa shape index (κ2) is 7.18. The van der Waals surface area contributed by atoms with Crippen LogP contribution in [0.25, 0.3) is 11.3 Å². The molecule has 0 saturated carbocycles. The molecule has 0 spiro atoms. The smallest absolute Gasteiger partial charge is 0.229 e. The molecule has 112 valence electrons. The molecule has 0 fully saturated rings. The van der Waals surface area contributed by atoms with Crippen LogP contribution < -0.4 is 5.32 Å². The highest BCUT2D eigenvalue weighted by atomic mass is 79.9. The molecule has 0 atom stereocenters. The number of hydrogen-bond acceptors (Lipinski definition) is 3. The highest BCUT2D eigenvalue weighted by Crippen LogP contribution is 2.31. The van der Waals surface area contributed by atoms with E-state index in [-0.39, 0.29) is 11.8 Å². The highest BCUT2D eigenvalue weighted by Gasteiger charge is 2.17. The van der Waals surface area contributed by atoms with Gasteiger partial charge in [-0.15, -0.1) is 11.3 Å². The molecule has 0 unspecified atom stereocenters. The topological polar surface area (TPSA) is 42.0 Å². The van der Waals surface area contributed by atoms with Crippen LogP contribution in [0.5, 0.6) is 0 Å². The fourth-order valence-electron chi connectivity index (χ4n) is 2.19. The molecule has 0 aliphatic heterocycles. The van der Waals surface area contributed by atoms with E-state index in [9.17, 15) is 4.79 Å². The number of carbonyl (C=O) groups is 1. The molecule has 0 radical (unpaired) electrons. The summed E-state index contributed by atoms with van der Waals surface area (Å²) in [6.45, 7) is 6.10. The van der Waals surface area contributed by atoms with E-state index in [4.69, 9.17) is 0 Å². The molecule has 5 heteroatoms. The van der Waals surface area contributed by atoms with Gasteiger partial charge in [0, 0.05) is 20.8 Å². The molecule has 0 bridgehead atoms. The summed E-state index contributed by atoms with van der Waals surface area (Å²) in [6, 6.07) is 8.05. The predicted molar refractivity (Wildman–Crippen MR) is 92.7 cm³/mol. The van der Waals surface area contributed by atoms with Crippen LogP contribution >= 0.6 is 27.3 Å². The van der Waals surface area contributed by atoms with Crippen molar-refractivity contribution in [3.63, 3.8) is 0 Å². The first-order chi connectivity index (χ1) is 10.0. The molecule has 0 aliphatic carbocycles. The van der Waals surface area contributed by atoms with Crippen LogP contribution in [-0.4, -0.2) is 10.9 Å². The maximum absolute atomic E-state index is 12.1. The Balaban J connectivity index is 2.19. The average Bonchev–Trinajstić information content (AvgIpc) is 2.81. The molecule has 1 aromatic heterocycles. The Morgan fingerprint density at radius 3 is 2.48 bits per heavy atom. The Kier molecular flexibility index (Phi) is 5.53. The normalized spacial score (nSPS) is 10.9. The molecular formula is C16H19BrN2OS. The van der Waals surface area contributed by atoms with E-state index < -0.39 is 0 Å². The Bertz CT molecular complexity index is 618. The minimum atomic E-state index is 0.0605. The van der Waals surface area contributed by atoms with Crippen molar-refractivity contribution in [2.75, 3.05) is 5.32 Å². The number of aryl methyl sites for hydroxylation is 1. The van der Waals surface area contributed by atoms with Crippen molar-refractivity contribution in [2.24, 2.45) is 5.92 Å². The van der Waals surface area contributed by atoms with Crippen molar-refractivity contribution >= 4 is 38.3 Å². The van der Waals surface area contributed by atoms with E-state index in [1.165, 1.54) is 11.3 Å². The van der Waals surface area contributed by atoms with Gasteiger partial charge in [-0.25, -0.2) is 4.98 Å². The molecule has 1 heterocycles. The highest BCUT2D eigenvalue weighted by molar-refractivity contribution is 9.10. The van der Waals surface area contributed by atoms with Crippen molar-refractivity contribution in [3.05, 3.63) is 33.6 Å². The largest absolute Gasteiger partial charge is 0.302 e. The van der Waals surface area contributed by atoms with E-state index in [1.807, 2.05) is 45.0 Å². The van der Waals surface area contributed by atoms with Crippen LogP contribution in [0.15, 0.2) is 28.7 Å². The minimum absolute atomic E-state index is 0.0605. The molecule has 0 saturated heterocycles. The zero-order valence-electron chi connectivity index (χ0n) is 12.4. The summed E-state index contributed by atoms with van der Waals surface area (Å²) in [5, 5.41) is 3.63. The molecule has 1 N–H and O–H groups in total. The predicted octanol–water partition coefficient (Wildman–Crippen LogP) is 5.26. The number of anilines is 1. The molecule has 1 aromatic carbocycles. The van der Waals surface area contributed by atoms with Crippen LogP contribution in [0.3, 0.4) is 0 Å². The Hall–Kier alpha value is -1.20. The maximum Gasteiger partial charge on any atom is 0.229 e. The number of halogens is 1. The lowest BCUT2D eigenvalue weighted by Gasteiger charge is -2.10. The summed E-state index contributed by atoms with van der Waals surface area (Å²) < 4.78 is 1.04. The van der Waals surface area contributed by atoms with Crippen LogP contribution in [0.4, 0.5) is 5.13 Å². The molecule has 1 amide bonds. The van der Waals surface area contributed by atoms with Gasteiger partial charge in [0.05, 0.1) is 5.69 Å². The van der Waals surface area contributed by atoms with Gasteiger partial charge in [0.2, 0.25) is 5.91 Å². The van der Waals surface area contributed by atoms with Crippen molar-refractivity contribution in [1.29, 1.82) is 0 Å². The van der Waals surface area contributed by atoms with Crippen molar-refractivity contribution in [3.8, 4) is 11.3 Å². The second-order valence-corrected chi connectivity index (χ2v) is 7.05. The molecular weight excluding hydrogens is 348 g/mol. The first-order valence-corrected chi connectivity index (χ1v) is 8.70. The fraction of sp³-hybridized carbons (Fsp3) is 0.375. The number of carbonyl (C=O) groups excluding carboxylic acids is 1. The monoisotopic (exact) mass is 366 g/mol. The molecule has 0 aliphatic rings. The molecule has 2 rings (SSSR count). The molecule has 2 aromatic rings. The van der Waals surface area contributed by atoms with Crippen LogP contribution in [0.1, 0.15) is 31.6 Å². The zero-order chi connectivity index (χ0) is 15.4. The summed E-state index contributed by atoms with van der Waals surface area (Å²) >= 11 is 4.96. The second-order valence-electron chi connectivity index (χ2n) is 4.93. The van der Waals surface area contributed by atoms with Crippen LogP contribution in [0, 0.1) is 12.8 Å². The number of nitrogens with zero attached hydrogens (tertiary/aromatic N) is 1. The van der Waals surface area contributed by atoms with Gasteiger partial charge >= 0.3 is 0 Å². The maximum atomic E-state index is 12.1. The van der Waals surface area contributed by atoms with Gasteiger partial charge in [-0.2, -0.15) is 0 Å². The lowest BCUT2D eigenvalue weighted by atomic mass is 10.0. The average molecular weight is 367 g/mol. The molecule has 3 nitrogen and oxygen atoms in total. The summed E-state index contributed by atoms with van der Waals surface area (Å²) in [4.78, 5) is 17.8. The molecule has 21 heavy (non-hydrogen) atoms. The van der Waals surface area contributed by atoms with Gasteiger partial charge < -0.3 is 5.32 Å². The Morgan fingerprint density at radius 1 is 1.29 bits per heavy atom. The fourth-order valence-corrected chi connectivity index (χ4v) is 3.30. The number of aromatic nitrogens is 1. The third-order valence-electron chi connectivity index (χ3n) is 3.50. The third kappa shape index (κ3) is 3.92. The van der Waals surface area contributed by atoms with E-state index in [2.05, 4.69) is 26.2 Å².